The summed E-state index contributed by atoms with van der Waals surface area (Å²) in [5.41, 5.74) is 8.63. The molecule has 0 aliphatic rings. The standard InChI is InChI=1S/C15H19N3O2/c1-10-13(11(2)20-18-10)8-15(19)17-9-14(16)12-6-4-3-5-7-12/h3-7,14H,8-9,16H2,1-2H3,(H,17,19). The van der Waals surface area contributed by atoms with E-state index in [0.717, 1.165) is 16.8 Å². The Morgan fingerprint density at radius 2 is 2.05 bits per heavy atom. The second-order valence-corrected chi connectivity index (χ2v) is 4.80. The van der Waals surface area contributed by atoms with Crippen molar-refractivity contribution in [2.45, 2.75) is 26.3 Å². The van der Waals surface area contributed by atoms with Crippen LogP contribution in [0.4, 0.5) is 0 Å². The number of rotatable bonds is 5. The highest BCUT2D eigenvalue weighted by molar-refractivity contribution is 5.79. The van der Waals surface area contributed by atoms with E-state index in [4.69, 9.17) is 10.3 Å². The van der Waals surface area contributed by atoms with Crippen molar-refractivity contribution in [1.82, 2.24) is 10.5 Å². The summed E-state index contributed by atoms with van der Waals surface area (Å²) in [6, 6.07) is 9.49. The SMILES string of the molecule is Cc1noc(C)c1CC(=O)NCC(N)c1ccccc1. The van der Waals surface area contributed by atoms with Crippen LogP contribution in [0.25, 0.3) is 0 Å². The zero-order valence-corrected chi connectivity index (χ0v) is 11.7. The van der Waals surface area contributed by atoms with Crippen LogP contribution in [0.5, 0.6) is 0 Å². The van der Waals surface area contributed by atoms with E-state index in [1.807, 2.05) is 37.3 Å². The molecule has 106 valence electrons. The molecular weight excluding hydrogens is 254 g/mol. The molecule has 20 heavy (non-hydrogen) atoms. The molecule has 1 aromatic heterocycles. The highest BCUT2D eigenvalue weighted by Gasteiger charge is 2.14. The average Bonchev–Trinajstić information content (AvgIpc) is 2.77. The number of hydrogen-bond donors (Lipinski definition) is 2. The highest BCUT2D eigenvalue weighted by atomic mass is 16.5. The second kappa shape index (κ2) is 6.34. The lowest BCUT2D eigenvalue weighted by atomic mass is 10.1. The van der Waals surface area contributed by atoms with Crippen molar-refractivity contribution in [3.63, 3.8) is 0 Å². The topological polar surface area (TPSA) is 81.2 Å². The van der Waals surface area contributed by atoms with Crippen molar-refractivity contribution in [3.05, 3.63) is 52.9 Å². The molecule has 0 saturated carbocycles. The third kappa shape index (κ3) is 3.45. The number of amides is 1. The number of carbonyl (C=O) groups is 1. The van der Waals surface area contributed by atoms with Crippen molar-refractivity contribution in [2.75, 3.05) is 6.54 Å². The maximum atomic E-state index is 11.9. The van der Waals surface area contributed by atoms with Crippen LogP contribution < -0.4 is 11.1 Å². The molecule has 1 amide bonds. The highest BCUT2D eigenvalue weighted by Crippen LogP contribution is 2.13. The van der Waals surface area contributed by atoms with Gasteiger partial charge in [-0.25, -0.2) is 0 Å². The fourth-order valence-corrected chi connectivity index (χ4v) is 2.02. The molecule has 0 bridgehead atoms. The van der Waals surface area contributed by atoms with E-state index in [-0.39, 0.29) is 18.4 Å². The smallest absolute Gasteiger partial charge is 0.224 e. The molecule has 1 atom stereocenters. The van der Waals surface area contributed by atoms with Crippen molar-refractivity contribution in [1.29, 1.82) is 0 Å². The Kier molecular flexibility index (Phi) is 4.53. The second-order valence-electron chi connectivity index (χ2n) is 4.80. The molecule has 2 aromatic rings. The van der Waals surface area contributed by atoms with Crippen molar-refractivity contribution < 1.29 is 9.32 Å². The molecule has 1 heterocycles. The van der Waals surface area contributed by atoms with E-state index >= 15 is 0 Å². The Labute approximate surface area is 118 Å². The van der Waals surface area contributed by atoms with E-state index in [1.54, 1.807) is 6.92 Å². The van der Waals surface area contributed by atoms with Gasteiger partial charge in [-0.2, -0.15) is 0 Å². The quantitative estimate of drug-likeness (QED) is 0.868. The first-order valence-electron chi connectivity index (χ1n) is 6.57. The maximum absolute atomic E-state index is 11.9. The van der Waals surface area contributed by atoms with Crippen LogP contribution in [0.3, 0.4) is 0 Å². The van der Waals surface area contributed by atoms with Gasteiger partial charge in [0.25, 0.3) is 0 Å². The lowest BCUT2D eigenvalue weighted by molar-refractivity contribution is -0.120. The first-order chi connectivity index (χ1) is 9.58. The van der Waals surface area contributed by atoms with Crippen LogP contribution >= 0.6 is 0 Å². The van der Waals surface area contributed by atoms with Gasteiger partial charge in [0.1, 0.15) is 5.76 Å². The summed E-state index contributed by atoms with van der Waals surface area (Å²) in [4.78, 5) is 11.9. The van der Waals surface area contributed by atoms with Crippen LogP contribution in [0, 0.1) is 13.8 Å². The lowest BCUT2D eigenvalue weighted by Crippen LogP contribution is -2.33. The Morgan fingerprint density at radius 1 is 1.35 bits per heavy atom. The summed E-state index contributed by atoms with van der Waals surface area (Å²) >= 11 is 0. The number of benzene rings is 1. The number of nitrogens with two attached hydrogens (primary N) is 1. The van der Waals surface area contributed by atoms with Crippen LogP contribution in [-0.4, -0.2) is 17.6 Å². The van der Waals surface area contributed by atoms with E-state index in [0.29, 0.717) is 12.3 Å². The number of aryl methyl sites for hydroxylation is 2. The van der Waals surface area contributed by atoms with Gasteiger partial charge in [-0.05, 0) is 19.4 Å². The number of nitrogens with one attached hydrogen (secondary N) is 1. The van der Waals surface area contributed by atoms with Gasteiger partial charge in [0, 0.05) is 18.2 Å². The minimum Gasteiger partial charge on any atom is -0.361 e. The summed E-state index contributed by atoms with van der Waals surface area (Å²) in [5.74, 6) is 0.607. The van der Waals surface area contributed by atoms with E-state index < -0.39 is 0 Å². The van der Waals surface area contributed by atoms with Crippen molar-refractivity contribution in [3.8, 4) is 0 Å². The molecule has 5 nitrogen and oxygen atoms in total. The molecule has 5 heteroatoms. The van der Waals surface area contributed by atoms with Gasteiger partial charge in [0.15, 0.2) is 0 Å². The van der Waals surface area contributed by atoms with Crippen LogP contribution in [0.15, 0.2) is 34.9 Å². The molecule has 0 aliphatic heterocycles. The maximum Gasteiger partial charge on any atom is 0.224 e. The molecule has 0 radical (unpaired) electrons. The Bertz CT molecular complexity index is 559. The molecule has 0 saturated heterocycles. The summed E-state index contributed by atoms with van der Waals surface area (Å²) in [6.45, 7) is 4.04. The first-order valence-corrected chi connectivity index (χ1v) is 6.57. The fourth-order valence-electron chi connectivity index (χ4n) is 2.02. The zero-order valence-electron chi connectivity index (χ0n) is 11.7. The van der Waals surface area contributed by atoms with Crippen molar-refractivity contribution >= 4 is 5.91 Å². The summed E-state index contributed by atoms with van der Waals surface area (Å²) in [7, 11) is 0. The van der Waals surface area contributed by atoms with E-state index in [2.05, 4.69) is 10.5 Å². The van der Waals surface area contributed by atoms with Crippen LogP contribution in [0.1, 0.15) is 28.6 Å². The number of carbonyl (C=O) groups excluding carboxylic acids is 1. The number of nitrogens with zero attached hydrogens (tertiary/aromatic N) is 1. The Balaban J connectivity index is 1.87. The molecule has 0 aliphatic carbocycles. The third-order valence-corrected chi connectivity index (χ3v) is 3.27. The molecule has 3 N–H and O–H groups in total. The fraction of sp³-hybridized carbons (Fsp3) is 0.333. The van der Waals surface area contributed by atoms with Crippen LogP contribution in [0.2, 0.25) is 0 Å². The largest absolute Gasteiger partial charge is 0.361 e. The average molecular weight is 273 g/mol. The molecule has 1 aromatic carbocycles. The molecule has 2 rings (SSSR count). The summed E-state index contributed by atoms with van der Waals surface area (Å²) < 4.78 is 5.04. The van der Waals surface area contributed by atoms with Gasteiger partial charge in [-0.1, -0.05) is 35.5 Å². The van der Waals surface area contributed by atoms with Gasteiger partial charge in [-0.15, -0.1) is 0 Å². The summed E-state index contributed by atoms with van der Waals surface area (Å²) in [6.07, 6.45) is 0.267. The zero-order chi connectivity index (χ0) is 14.5. The molecule has 0 spiro atoms. The Hall–Kier alpha value is -2.14. The predicted molar refractivity (Wildman–Crippen MR) is 76.1 cm³/mol. The number of aromatic nitrogens is 1. The van der Waals surface area contributed by atoms with Gasteiger partial charge in [-0.3, -0.25) is 4.79 Å². The van der Waals surface area contributed by atoms with Gasteiger partial charge < -0.3 is 15.6 Å². The molecular formula is C15H19N3O2. The normalized spacial score (nSPS) is 12.2. The molecule has 1 unspecified atom stereocenters. The first kappa shape index (κ1) is 14.3. The monoisotopic (exact) mass is 273 g/mol. The van der Waals surface area contributed by atoms with E-state index in [9.17, 15) is 4.79 Å². The predicted octanol–water partition coefficient (Wildman–Crippen LogP) is 1.65. The van der Waals surface area contributed by atoms with E-state index in [1.165, 1.54) is 0 Å². The third-order valence-electron chi connectivity index (χ3n) is 3.27. The van der Waals surface area contributed by atoms with Gasteiger partial charge in [0.05, 0.1) is 12.1 Å². The molecule has 0 fully saturated rings. The number of hydrogen-bond acceptors (Lipinski definition) is 4. The summed E-state index contributed by atoms with van der Waals surface area (Å²) in [5, 5.41) is 6.67. The van der Waals surface area contributed by atoms with Gasteiger partial charge in [0.2, 0.25) is 5.91 Å². The Morgan fingerprint density at radius 3 is 2.65 bits per heavy atom. The van der Waals surface area contributed by atoms with Gasteiger partial charge >= 0.3 is 0 Å². The van der Waals surface area contributed by atoms with Crippen molar-refractivity contribution in [2.24, 2.45) is 5.73 Å². The van der Waals surface area contributed by atoms with Crippen LogP contribution in [-0.2, 0) is 11.2 Å². The minimum atomic E-state index is -0.204. The lowest BCUT2D eigenvalue weighted by Gasteiger charge is -2.13. The minimum absolute atomic E-state index is 0.0780.